The summed E-state index contributed by atoms with van der Waals surface area (Å²) in [5, 5.41) is 0. The first-order valence-corrected chi connectivity index (χ1v) is 1.61. The predicted octanol–water partition coefficient (Wildman–Crippen LogP) is 0.973. The van der Waals surface area contributed by atoms with E-state index in [9.17, 15) is 0 Å². The fourth-order valence-corrected chi connectivity index (χ4v) is 0.219. The van der Waals surface area contributed by atoms with Crippen molar-refractivity contribution < 1.29 is 31.2 Å². The van der Waals surface area contributed by atoms with Crippen LogP contribution in [0.25, 0.3) is 0 Å². The summed E-state index contributed by atoms with van der Waals surface area (Å²) in [5.74, 6) is 0. The van der Waals surface area contributed by atoms with E-state index in [-0.39, 0.29) is 21.7 Å². The van der Waals surface area contributed by atoms with Crippen LogP contribution in [0.1, 0.15) is 0 Å². The molecule has 0 aromatic heterocycles. The summed E-state index contributed by atoms with van der Waals surface area (Å²) in [6.45, 7) is 0. The van der Waals surface area contributed by atoms with Crippen LogP contribution in [-0.2, 0) is 31.2 Å². The standard InChI is InChI=1S/C4H4O2.Ti/c1-2-6-4-3-5-1;/h1-4H;. The topological polar surface area (TPSA) is 18.5 Å². The second kappa shape index (κ2) is 3.97. The van der Waals surface area contributed by atoms with E-state index < -0.39 is 0 Å². The first kappa shape index (κ1) is 6.79. The van der Waals surface area contributed by atoms with Crippen molar-refractivity contribution in [2.24, 2.45) is 0 Å². The fraction of sp³-hybridized carbons (Fsp3) is 0. The van der Waals surface area contributed by atoms with Crippen molar-refractivity contribution in [3.63, 3.8) is 0 Å². The average molecular weight is 132 g/mol. The van der Waals surface area contributed by atoms with Gasteiger partial charge in [-0.05, 0) is 0 Å². The molecule has 0 aromatic rings. The SMILES string of the molecule is C1=COC=CO1.[Ti]. The number of ether oxygens (including phenoxy) is 2. The molecule has 0 atom stereocenters. The van der Waals surface area contributed by atoms with E-state index in [1.807, 2.05) is 0 Å². The second-order valence-electron chi connectivity index (χ2n) is 0.816. The Morgan fingerprint density at radius 3 is 1.14 bits per heavy atom. The van der Waals surface area contributed by atoms with Gasteiger partial charge in [0.15, 0.2) is 0 Å². The summed E-state index contributed by atoms with van der Waals surface area (Å²) < 4.78 is 9.17. The van der Waals surface area contributed by atoms with Crippen molar-refractivity contribution in [1.82, 2.24) is 0 Å². The molecule has 1 aliphatic heterocycles. The van der Waals surface area contributed by atoms with Gasteiger partial charge in [0.25, 0.3) is 0 Å². The summed E-state index contributed by atoms with van der Waals surface area (Å²) in [6.07, 6.45) is 5.83. The third kappa shape index (κ3) is 2.48. The molecule has 0 N–H and O–H groups in total. The normalized spacial score (nSPS) is 13.7. The van der Waals surface area contributed by atoms with E-state index in [1.54, 1.807) is 0 Å². The Kier molecular flexibility index (Phi) is 3.85. The zero-order chi connectivity index (χ0) is 4.24. The molecule has 0 saturated heterocycles. The number of hydrogen-bond donors (Lipinski definition) is 0. The van der Waals surface area contributed by atoms with Crippen molar-refractivity contribution in [2.75, 3.05) is 0 Å². The van der Waals surface area contributed by atoms with Crippen LogP contribution in [0.15, 0.2) is 25.0 Å². The quantitative estimate of drug-likeness (QED) is 0.457. The molecule has 2 nitrogen and oxygen atoms in total. The molecule has 36 valence electrons. The Bertz CT molecular complexity index is 67.7. The van der Waals surface area contributed by atoms with E-state index in [2.05, 4.69) is 9.47 Å². The minimum atomic E-state index is 0. The molecule has 0 fully saturated rings. The predicted molar refractivity (Wildman–Crippen MR) is 20.4 cm³/mol. The van der Waals surface area contributed by atoms with E-state index in [1.165, 1.54) is 25.0 Å². The Labute approximate surface area is 56.7 Å². The van der Waals surface area contributed by atoms with Crippen LogP contribution in [0.2, 0.25) is 0 Å². The summed E-state index contributed by atoms with van der Waals surface area (Å²) in [6, 6.07) is 0. The van der Waals surface area contributed by atoms with Crippen LogP contribution in [0.5, 0.6) is 0 Å². The van der Waals surface area contributed by atoms with E-state index in [0.29, 0.717) is 0 Å². The summed E-state index contributed by atoms with van der Waals surface area (Å²) in [5.41, 5.74) is 0. The molecule has 3 heteroatoms. The van der Waals surface area contributed by atoms with Gasteiger partial charge < -0.3 is 9.47 Å². The molecule has 0 spiro atoms. The maximum atomic E-state index is 4.58. The fourth-order valence-electron chi connectivity index (χ4n) is 0.219. The number of hydrogen-bond acceptors (Lipinski definition) is 2. The Hall–Kier alpha value is -0.206. The molecule has 0 aromatic carbocycles. The number of rotatable bonds is 0. The van der Waals surface area contributed by atoms with Crippen LogP contribution in [0.4, 0.5) is 0 Å². The minimum Gasteiger partial charge on any atom is -0.466 e. The molecule has 1 rings (SSSR count). The zero-order valence-corrected chi connectivity index (χ0v) is 5.19. The van der Waals surface area contributed by atoms with Crippen LogP contribution in [-0.4, -0.2) is 0 Å². The molecule has 0 aliphatic carbocycles. The molecular formula is C4H4O2Ti. The summed E-state index contributed by atoms with van der Waals surface area (Å²) >= 11 is 0. The van der Waals surface area contributed by atoms with Gasteiger partial charge in [0, 0.05) is 21.7 Å². The van der Waals surface area contributed by atoms with Crippen molar-refractivity contribution >= 4 is 0 Å². The Morgan fingerprint density at radius 1 is 0.714 bits per heavy atom. The molecular weight excluding hydrogens is 128 g/mol. The van der Waals surface area contributed by atoms with Gasteiger partial charge in [-0.2, -0.15) is 0 Å². The molecule has 1 heterocycles. The van der Waals surface area contributed by atoms with Gasteiger partial charge in [-0.3, -0.25) is 0 Å². The summed E-state index contributed by atoms with van der Waals surface area (Å²) in [4.78, 5) is 0. The minimum absolute atomic E-state index is 0. The van der Waals surface area contributed by atoms with Crippen LogP contribution in [0.3, 0.4) is 0 Å². The van der Waals surface area contributed by atoms with Crippen molar-refractivity contribution in [2.45, 2.75) is 0 Å². The van der Waals surface area contributed by atoms with Crippen LogP contribution < -0.4 is 0 Å². The van der Waals surface area contributed by atoms with Crippen molar-refractivity contribution in [3.05, 3.63) is 25.0 Å². The van der Waals surface area contributed by atoms with E-state index in [4.69, 9.17) is 0 Å². The maximum Gasteiger partial charge on any atom is 0.125 e. The molecule has 0 amide bonds. The van der Waals surface area contributed by atoms with Gasteiger partial charge >= 0.3 is 0 Å². The van der Waals surface area contributed by atoms with Crippen LogP contribution in [0, 0.1) is 0 Å². The average Bonchev–Trinajstić information content (AvgIpc) is 1.72. The van der Waals surface area contributed by atoms with E-state index >= 15 is 0 Å². The van der Waals surface area contributed by atoms with Gasteiger partial charge in [0.2, 0.25) is 0 Å². The summed E-state index contributed by atoms with van der Waals surface area (Å²) in [7, 11) is 0. The zero-order valence-electron chi connectivity index (χ0n) is 3.63. The molecule has 0 saturated carbocycles. The van der Waals surface area contributed by atoms with Crippen molar-refractivity contribution in [3.8, 4) is 0 Å². The van der Waals surface area contributed by atoms with Gasteiger partial charge in [-0.15, -0.1) is 0 Å². The van der Waals surface area contributed by atoms with Gasteiger partial charge in [0.05, 0.1) is 0 Å². The monoisotopic (exact) mass is 132 g/mol. The first-order chi connectivity index (χ1) is 3.00. The second-order valence-corrected chi connectivity index (χ2v) is 0.816. The van der Waals surface area contributed by atoms with Gasteiger partial charge in [-0.1, -0.05) is 0 Å². The first-order valence-electron chi connectivity index (χ1n) is 1.61. The largest absolute Gasteiger partial charge is 0.466 e. The Balaban J connectivity index is 0.000000360. The molecule has 1 aliphatic rings. The smallest absolute Gasteiger partial charge is 0.125 e. The van der Waals surface area contributed by atoms with Gasteiger partial charge in [0.1, 0.15) is 25.0 Å². The van der Waals surface area contributed by atoms with E-state index in [0.717, 1.165) is 0 Å². The third-order valence-corrected chi connectivity index (χ3v) is 0.425. The van der Waals surface area contributed by atoms with Crippen LogP contribution >= 0.6 is 0 Å². The third-order valence-electron chi connectivity index (χ3n) is 0.425. The van der Waals surface area contributed by atoms with Gasteiger partial charge in [-0.25, -0.2) is 0 Å². The van der Waals surface area contributed by atoms with Crippen molar-refractivity contribution in [1.29, 1.82) is 0 Å². The molecule has 0 bridgehead atoms. The molecule has 0 radical (unpaired) electrons. The maximum absolute atomic E-state index is 4.58. The Morgan fingerprint density at radius 2 is 1.00 bits per heavy atom. The molecule has 7 heavy (non-hydrogen) atoms. The molecule has 0 unspecified atom stereocenters.